The summed E-state index contributed by atoms with van der Waals surface area (Å²) in [5.74, 6) is -0.166. The average molecular weight is 394 g/mol. The summed E-state index contributed by atoms with van der Waals surface area (Å²) >= 11 is 0. The molecule has 0 unspecified atom stereocenters. The van der Waals surface area contributed by atoms with E-state index < -0.39 is 15.8 Å². The van der Waals surface area contributed by atoms with Crippen LogP contribution in [0.15, 0.2) is 41.3 Å². The lowest BCUT2D eigenvalue weighted by Crippen LogP contribution is -2.37. The second-order valence-corrected chi connectivity index (χ2v) is 7.87. The topological polar surface area (TPSA) is 75.7 Å². The SMILES string of the molecule is COc1cc(C)c(S(=O)(=O)NCCN(C(C)=O)c2cccc(F)c2)cc1C. The monoisotopic (exact) mass is 394 g/mol. The first-order chi connectivity index (χ1) is 12.7. The van der Waals surface area contributed by atoms with Crippen LogP contribution in [0.5, 0.6) is 5.75 Å². The number of methoxy groups -OCH3 is 1. The number of carbonyl (C=O) groups is 1. The molecule has 0 aliphatic heterocycles. The Morgan fingerprint density at radius 2 is 1.89 bits per heavy atom. The molecular formula is C19H23FN2O4S. The van der Waals surface area contributed by atoms with Crippen molar-refractivity contribution in [3.05, 3.63) is 53.3 Å². The number of benzene rings is 2. The number of nitrogens with zero attached hydrogens (tertiary/aromatic N) is 1. The highest BCUT2D eigenvalue weighted by Gasteiger charge is 2.20. The number of hydrogen-bond donors (Lipinski definition) is 1. The Bertz CT molecular complexity index is 945. The number of aryl methyl sites for hydroxylation is 2. The minimum Gasteiger partial charge on any atom is -0.496 e. The van der Waals surface area contributed by atoms with Crippen molar-refractivity contribution in [2.75, 3.05) is 25.1 Å². The molecule has 2 aromatic carbocycles. The van der Waals surface area contributed by atoms with E-state index in [1.165, 1.54) is 37.1 Å². The Morgan fingerprint density at radius 1 is 1.19 bits per heavy atom. The second kappa shape index (κ2) is 8.49. The Hall–Kier alpha value is -2.45. The fourth-order valence-electron chi connectivity index (χ4n) is 2.75. The van der Waals surface area contributed by atoms with Crippen LogP contribution in [0.2, 0.25) is 0 Å². The van der Waals surface area contributed by atoms with Crippen molar-refractivity contribution in [3.63, 3.8) is 0 Å². The molecule has 0 atom stereocenters. The van der Waals surface area contributed by atoms with Gasteiger partial charge in [0.25, 0.3) is 0 Å². The fraction of sp³-hybridized carbons (Fsp3) is 0.316. The van der Waals surface area contributed by atoms with Crippen LogP contribution in [0.25, 0.3) is 0 Å². The molecule has 1 amide bonds. The summed E-state index contributed by atoms with van der Waals surface area (Å²) in [6.07, 6.45) is 0. The number of carbonyl (C=O) groups excluding carboxylic acids is 1. The number of rotatable bonds is 7. The molecule has 0 fully saturated rings. The molecule has 0 aromatic heterocycles. The van der Waals surface area contributed by atoms with Crippen molar-refractivity contribution < 1.29 is 22.3 Å². The molecule has 6 nitrogen and oxygen atoms in total. The number of nitrogens with one attached hydrogen (secondary N) is 1. The van der Waals surface area contributed by atoms with E-state index in [0.717, 1.165) is 0 Å². The van der Waals surface area contributed by atoms with Gasteiger partial charge in [0.15, 0.2) is 0 Å². The summed E-state index contributed by atoms with van der Waals surface area (Å²) < 4.78 is 46.4. The van der Waals surface area contributed by atoms with E-state index in [0.29, 0.717) is 22.6 Å². The van der Waals surface area contributed by atoms with Gasteiger partial charge in [0, 0.05) is 25.7 Å². The van der Waals surface area contributed by atoms with Gasteiger partial charge in [-0.1, -0.05) is 6.07 Å². The van der Waals surface area contributed by atoms with Crippen LogP contribution in [0, 0.1) is 19.7 Å². The molecule has 8 heteroatoms. The molecule has 0 radical (unpaired) electrons. The van der Waals surface area contributed by atoms with E-state index in [1.807, 2.05) is 0 Å². The Balaban J connectivity index is 2.15. The predicted molar refractivity (Wildman–Crippen MR) is 102 cm³/mol. The minimum absolute atomic E-state index is 0.0110. The van der Waals surface area contributed by atoms with Gasteiger partial charge < -0.3 is 9.64 Å². The van der Waals surface area contributed by atoms with Gasteiger partial charge in [-0.05, 0) is 55.3 Å². The molecule has 146 valence electrons. The maximum absolute atomic E-state index is 13.4. The van der Waals surface area contributed by atoms with Gasteiger partial charge in [-0.2, -0.15) is 0 Å². The van der Waals surface area contributed by atoms with Gasteiger partial charge in [0.1, 0.15) is 11.6 Å². The van der Waals surface area contributed by atoms with E-state index in [2.05, 4.69) is 4.72 Å². The third-order valence-corrected chi connectivity index (χ3v) is 5.71. The maximum atomic E-state index is 13.4. The largest absolute Gasteiger partial charge is 0.496 e. The molecule has 2 aromatic rings. The Kier molecular flexibility index (Phi) is 6.56. The number of amides is 1. The molecular weight excluding hydrogens is 371 g/mol. The zero-order valence-electron chi connectivity index (χ0n) is 15.7. The maximum Gasteiger partial charge on any atom is 0.240 e. The normalized spacial score (nSPS) is 11.3. The minimum atomic E-state index is -3.77. The first kappa shape index (κ1) is 20.9. The molecule has 0 saturated heterocycles. The molecule has 0 aliphatic carbocycles. The standard InChI is InChI=1S/C19H23FN2O4S/c1-13-11-19(14(2)10-18(13)26-4)27(24,25)21-8-9-22(15(3)23)17-7-5-6-16(20)12-17/h5-7,10-12,21H,8-9H2,1-4H3. The molecule has 0 bridgehead atoms. The van der Waals surface area contributed by atoms with Crippen LogP contribution >= 0.6 is 0 Å². The molecule has 27 heavy (non-hydrogen) atoms. The van der Waals surface area contributed by atoms with Gasteiger partial charge in [-0.25, -0.2) is 17.5 Å². The summed E-state index contributed by atoms with van der Waals surface area (Å²) in [7, 11) is -2.24. The van der Waals surface area contributed by atoms with Crippen molar-refractivity contribution in [1.29, 1.82) is 0 Å². The number of sulfonamides is 1. The van der Waals surface area contributed by atoms with Crippen LogP contribution < -0.4 is 14.4 Å². The summed E-state index contributed by atoms with van der Waals surface area (Å²) in [5.41, 5.74) is 1.63. The molecule has 0 heterocycles. The van der Waals surface area contributed by atoms with Gasteiger partial charge in [-0.3, -0.25) is 4.79 Å². The lowest BCUT2D eigenvalue weighted by atomic mass is 10.1. The zero-order chi connectivity index (χ0) is 20.2. The highest BCUT2D eigenvalue weighted by atomic mass is 32.2. The Morgan fingerprint density at radius 3 is 2.48 bits per heavy atom. The third-order valence-electron chi connectivity index (χ3n) is 4.11. The quantitative estimate of drug-likeness (QED) is 0.784. The molecule has 1 N–H and O–H groups in total. The van der Waals surface area contributed by atoms with E-state index in [-0.39, 0.29) is 23.9 Å². The number of hydrogen-bond acceptors (Lipinski definition) is 4. The summed E-state index contributed by atoms with van der Waals surface area (Å²) in [6.45, 7) is 4.86. The van der Waals surface area contributed by atoms with Crippen LogP contribution in [0.4, 0.5) is 10.1 Å². The predicted octanol–water partition coefficient (Wildman–Crippen LogP) is 2.78. The van der Waals surface area contributed by atoms with Crippen LogP contribution in [-0.2, 0) is 14.8 Å². The smallest absolute Gasteiger partial charge is 0.240 e. The lowest BCUT2D eigenvalue weighted by molar-refractivity contribution is -0.116. The number of anilines is 1. The first-order valence-electron chi connectivity index (χ1n) is 8.34. The molecule has 0 aliphatic rings. The number of halogens is 1. The van der Waals surface area contributed by atoms with Crippen molar-refractivity contribution in [1.82, 2.24) is 4.72 Å². The Labute approximate surface area is 159 Å². The first-order valence-corrected chi connectivity index (χ1v) is 9.82. The third kappa shape index (κ3) is 5.05. The highest BCUT2D eigenvalue weighted by molar-refractivity contribution is 7.89. The van der Waals surface area contributed by atoms with Crippen molar-refractivity contribution in [3.8, 4) is 5.75 Å². The van der Waals surface area contributed by atoms with Gasteiger partial charge in [-0.15, -0.1) is 0 Å². The zero-order valence-corrected chi connectivity index (χ0v) is 16.6. The summed E-state index contributed by atoms with van der Waals surface area (Å²) in [4.78, 5) is 13.3. The lowest BCUT2D eigenvalue weighted by Gasteiger charge is -2.21. The van der Waals surface area contributed by atoms with Crippen LogP contribution in [-0.4, -0.2) is 34.5 Å². The van der Waals surface area contributed by atoms with Gasteiger partial charge in [0.05, 0.1) is 12.0 Å². The van der Waals surface area contributed by atoms with E-state index in [4.69, 9.17) is 4.74 Å². The van der Waals surface area contributed by atoms with Crippen molar-refractivity contribution in [2.45, 2.75) is 25.7 Å². The number of ether oxygens (including phenoxy) is 1. The van der Waals surface area contributed by atoms with Crippen molar-refractivity contribution >= 4 is 21.6 Å². The van der Waals surface area contributed by atoms with Crippen molar-refractivity contribution in [2.24, 2.45) is 0 Å². The van der Waals surface area contributed by atoms with E-state index in [1.54, 1.807) is 32.0 Å². The van der Waals surface area contributed by atoms with E-state index in [9.17, 15) is 17.6 Å². The van der Waals surface area contributed by atoms with Crippen LogP contribution in [0.1, 0.15) is 18.1 Å². The van der Waals surface area contributed by atoms with Crippen LogP contribution in [0.3, 0.4) is 0 Å². The molecule has 0 saturated carbocycles. The highest BCUT2D eigenvalue weighted by Crippen LogP contribution is 2.25. The summed E-state index contributed by atoms with van der Waals surface area (Å²) in [6, 6.07) is 8.81. The fourth-order valence-corrected chi connectivity index (χ4v) is 4.08. The average Bonchev–Trinajstić information content (AvgIpc) is 2.59. The molecule has 2 rings (SSSR count). The summed E-state index contributed by atoms with van der Waals surface area (Å²) in [5, 5.41) is 0. The second-order valence-electron chi connectivity index (χ2n) is 6.14. The van der Waals surface area contributed by atoms with E-state index >= 15 is 0 Å². The molecule has 0 spiro atoms. The van der Waals surface area contributed by atoms with Gasteiger partial charge in [0.2, 0.25) is 15.9 Å². The van der Waals surface area contributed by atoms with Gasteiger partial charge >= 0.3 is 0 Å².